The maximum absolute atomic E-state index is 12.0. The van der Waals surface area contributed by atoms with Crippen molar-refractivity contribution in [3.05, 3.63) is 36.0 Å². The minimum absolute atomic E-state index is 0. The molecule has 0 aliphatic carbocycles. The Kier molecular flexibility index (Phi) is 5.95. The van der Waals surface area contributed by atoms with Gasteiger partial charge < -0.3 is 19.9 Å². The average Bonchev–Trinajstić information content (AvgIpc) is 3.18. The number of anilines is 1. The van der Waals surface area contributed by atoms with Gasteiger partial charge in [0.25, 0.3) is 0 Å². The maximum Gasteiger partial charge on any atom is 0.228 e. The van der Waals surface area contributed by atoms with Gasteiger partial charge in [-0.3, -0.25) is 4.79 Å². The van der Waals surface area contributed by atoms with Gasteiger partial charge >= 0.3 is 0 Å². The molecular formula is C15H19ClN4O3. The van der Waals surface area contributed by atoms with Crippen LogP contribution >= 0.6 is 12.4 Å². The summed E-state index contributed by atoms with van der Waals surface area (Å²) in [5.74, 6) is 1.81. The highest BCUT2D eigenvalue weighted by atomic mass is 35.5. The van der Waals surface area contributed by atoms with Crippen molar-refractivity contribution in [3.8, 4) is 5.75 Å². The molecule has 0 radical (unpaired) electrons. The molecule has 124 valence electrons. The predicted molar refractivity (Wildman–Crippen MR) is 86.7 cm³/mol. The molecular weight excluding hydrogens is 320 g/mol. The Morgan fingerprint density at radius 2 is 2.22 bits per heavy atom. The van der Waals surface area contributed by atoms with E-state index in [9.17, 15) is 4.79 Å². The number of hydrogen-bond acceptors (Lipinski definition) is 6. The van der Waals surface area contributed by atoms with Crippen LogP contribution in [-0.2, 0) is 11.4 Å². The van der Waals surface area contributed by atoms with Crippen LogP contribution in [0.5, 0.6) is 5.75 Å². The molecule has 1 atom stereocenters. The van der Waals surface area contributed by atoms with Crippen LogP contribution in [0.2, 0.25) is 0 Å². The Balaban J connectivity index is 0.00000192. The molecule has 2 heterocycles. The number of nitrogens with one attached hydrogen (secondary N) is 2. The molecule has 23 heavy (non-hydrogen) atoms. The summed E-state index contributed by atoms with van der Waals surface area (Å²) in [6.07, 6.45) is 0.886. The molecule has 1 aromatic carbocycles. The zero-order chi connectivity index (χ0) is 15.4. The molecule has 1 aromatic heterocycles. The van der Waals surface area contributed by atoms with Crippen molar-refractivity contribution in [2.24, 2.45) is 5.92 Å². The van der Waals surface area contributed by atoms with E-state index in [-0.39, 0.29) is 30.8 Å². The number of aryl methyl sites for hydroxylation is 1. The molecule has 1 saturated heterocycles. The number of carbonyl (C=O) groups excluding carboxylic acids is 1. The van der Waals surface area contributed by atoms with Crippen molar-refractivity contribution in [3.63, 3.8) is 0 Å². The molecule has 0 saturated carbocycles. The average molecular weight is 339 g/mol. The van der Waals surface area contributed by atoms with Gasteiger partial charge in [0, 0.05) is 19.2 Å². The third-order valence-electron chi connectivity index (χ3n) is 3.49. The summed E-state index contributed by atoms with van der Waals surface area (Å²) < 4.78 is 10.4. The fraction of sp³-hybridized carbons (Fsp3) is 0.400. The molecule has 1 unspecified atom stereocenters. The van der Waals surface area contributed by atoms with Crippen molar-refractivity contribution in [2.45, 2.75) is 20.0 Å². The van der Waals surface area contributed by atoms with Crippen LogP contribution in [0, 0.1) is 12.8 Å². The van der Waals surface area contributed by atoms with Crippen LogP contribution in [0.1, 0.15) is 18.1 Å². The van der Waals surface area contributed by atoms with E-state index >= 15 is 0 Å². The first-order valence-corrected chi connectivity index (χ1v) is 7.24. The van der Waals surface area contributed by atoms with Gasteiger partial charge in [-0.25, -0.2) is 0 Å². The lowest BCUT2D eigenvalue weighted by molar-refractivity contribution is -0.119. The number of carbonyl (C=O) groups is 1. The number of halogens is 1. The topological polar surface area (TPSA) is 89.3 Å². The molecule has 3 rings (SSSR count). The largest absolute Gasteiger partial charge is 0.485 e. The third-order valence-corrected chi connectivity index (χ3v) is 3.49. The second-order valence-electron chi connectivity index (χ2n) is 5.22. The molecule has 2 N–H and O–H groups in total. The van der Waals surface area contributed by atoms with Gasteiger partial charge in [0.1, 0.15) is 5.75 Å². The van der Waals surface area contributed by atoms with Crippen LogP contribution in [0.4, 0.5) is 5.69 Å². The van der Waals surface area contributed by atoms with Gasteiger partial charge in [0.15, 0.2) is 6.61 Å². The highest BCUT2D eigenvalue weighted by molar-refractivity contribution is 5.92. The van der Waals surface area contributed by atoms with Crippen molar-refractivity contribution < 1.29 is 14.1 Å². The van der Waals surface area contributed by atoms with E-state index in [1.54, 1.807) is 19.1 Å². The molecule has 1 aliphatic heterocycles. The standard InChI is InChI=1S/C15H18N4O3.ClH/c1-10-17-14(19-22-10)9-21-13-4-2-12(3-5-13)18-15(20)11-6-7-16-8-11;/h2-5,11,16H,6-9H2,1H3,(H,18,20);1H. The smallest absolute Gasteiger partial charge is 0.228 e. The molecule has 2 aromatic rings. The Morgan fingerprint density at radius 1 is 1.43 bits per heavy atom. The van der Waals surface area contributed by atoms with Crippen LogP contribution < -0.4 is 15.4 Å². The van der Waals surface area contributed by atoms with Gasteiger partial charge in [0.05, 0.1) is 5.92 Å². The number of nitrogens with zero attached hydrogens (tertiary/aromatic N) is 2. The first-order chi connectivity index (χ1) is 10.7. The van der Waals surface area contributed by atoms with E-state index in [1.165, 1.54) is 0 Å². The number of ether oxygens (including phenoxy) is 1. The highest BCUT2D eigenvalue weighted by Crippen LogP contribution is 2.18. The highest BCUT2D eigenvalue weighted by Gasteiger charge is 2.22. The minimum atomic E-state index is 0. The Hall–Kier alpha value is -2.12. The Morgan fingerprint density at radius 3 is 2.83 bits per heavy atom. The van der Waals surface area contributed by atoms with Crippen molar-refractivity contribution >= 4 is 24.0 Å². The van der Waals surface area contributed by atoms with E-state index in [4.69, 9.17) is 9.26 Å². The fourth-order valence-electron chi connectivity index (χ4n) is 2.31. The van der Waals surface area contributed by atoms with Crippen LogP contribution in [0.3, 0.4) is 0 Å². The summed E-state index contributed by atoms with van der Waals surface area (Å²) in [5, 5.41) is 9.85. The van der Waals surface area contributed by atoms with Gasteiger partial charge in [0.2, 0.25) is 17.6 Å². The molecule has 7 nitrogen and oxygen atoms in total. The lowest BCUT2D eigenvalue weighted by atomic mass is 10.1. The molecule has 8 heteroatoms. The van der Waals surface area contributed by atoms with Crippen LogP contribution in [0.15, 0.2) is 28.8 Å². The van der Waals surface area contributed by atoms with Gasteiger partial charge in [-0.15, -0.1) is 12.4 Å². The summed E-state index contributed by atoms with van der Waals surface area (Å²) in [6, 6.07) is 7.24. The van der Waals surface area contributed by atoms with E-state index in [0.29, 0.717) is 17.5 Å². The second kappa shape index (κ2) is 7.94. The minimum Gasteiger partial charge on any atom is -0.485 e. The van der Waals surface area contributed by atoms with E-state index in [2.05, 4.69) is 20.8 Å². The first-order valence-electron chi connectivity index (χ1n) is 7.24. The monoisotopic (exact) mass is 338 g/mol. The van der Waals surface area contributed by atoms with Gasteiger partial charge in [-0.1, -0.05) is 5.16 Å². The molecule has 1 aliphatic rings. The summed E-state index contributed by atoms with van der Waals surface area (Å²) in [4.78, 5) is 16.1. The fourth-order valence-corrected chi connectivity index (χ4v) is 2.31. The SMILES string of the molecule is Cc1nc(COc2ccc(NC(=O)C3CCNC3)cc2)no1.Cl. The molecule has 0 spiro atoms. The normalized spacial score (nSPS) is 16.7. The van der Waals surface area contributed by atoms with E-state index in [1.807, 2.05) is 12.1 Å². The van der Waals surface area contributed by atoms with Crippen molar-refractivity contribution in [2.75, 3.05) is 18.4 Å². The third kappa shape index (κ3) is 4.67. The summed E-state index contributed by atoms with van der Waals surface area (Å²) in [5.41, 5.74) is 0.764. The van der Waals surface area contributed by atoms with Crippen LogP contribution in [0.25, 0.3) is 0 Å². The number of rotatable bonds is 5. The maximum atomic E-state index is 12.0. The van der Waals surface area contributed by atoms with E-state index in [0.717, 1.165) is 25.2 Å². The number of aromatic nitrogens is 2. The van der Waals surface area contributed by atoms with Gasteiger partial charge in [-0.05, 0) is 37.2 Å². The molecule has 1 fully saturated rings. The second-order valence-corrected chi connectivity index (χ2v) is 5.22. The summed E-state index contributed by atoms with van der Waals surface area (Å²) >= 11 is 0. The number of amides is 1. The van der Waals surface area contributed by atoms with Crippen molar-refractivity contribution in [1.29, 1.82) is 0 Å². The summed E-state index contributed by atoms with van der Waals surface area (Å²) in [7, 11) is 0. The zero-order valence-corrected chi connectivity index (χ0v) is 13.6. The Labute approximate surface area is 140 Å². The number of benzene rings is 1. The Bertz CT molecular complexity index is 638. The lowest BCUT2D eigenvalue weighted by Crippen LogP contribution is -2.24. The quantitative estimate of drug-likeness (QED) is 0.866. The molecule has 1 amide bonds. The van der Waals surface area contributed by atoms with Gasteiger partial charge in [-0.2, -0.15) is 4.98 Å². The van der Waals surface area contributed by atoms with Crippen LogP contribution in [-0.4, -0.2) is 29.1 Å². The van der Waals surface area contributed by atoms with Crippen molar-refractivity contribution in [1.82, 2.24) is 15.5 Å². The summed E-state index contributed by atoms with van der Waals surface area (Å²) in [6.45, 7) is 3.63. The first kappa shape index (κ1) is 17.2. The zero-order valence-electron chi connectivity index (χ0n) is 12.7. The predicted octanol–water partition coefficient (Wildman–Crippen LogP) is 1.93. The molecule has 0 bridgehead atoms. The number of hydrogen-bond donors (Lipinski definition) is 2. The van der Waals surface area contributed by atoms with E-state index < -0.39 is 0 Å². The lowest BCUT2D eigenvalue weighted by Gasteiger charge is -2.10.